The molecular weight excluding hydrogens is 344 g/mol. The zero-order valence-electron chi connectivity index (χ0n) is 13.5. The number of aliphatic imine (C=N–C) groups is 1. The van der Waals surface area contributed by atoms with Gasteiger partial charge in [0, 0.05) is 31.6 Å². The zero-order chi connectivity index (χ0) is 17.3. The van der Waals surface area contributed by atoms with Crippen molar-refractivity contribution in [2.45, 2.75) is 11.3 Å². The maximum Gasteiger partial charge on any atom is 0.240 e. The summed E-state index contributed by atoms with van der Waals surface area (Å²) in [6.07, 6.45) is 0.930. The summed E-state index contributed by atoms with van der Waals surface area (Å²) in [6, 6.07) is 12.5. The lowest BCUT2D eigenvalue weighted by molar-refractivity contribution is 0.580. The Morgan fingerprint density at radius 2 is 1.79 bits per heavy atom. The molecule has 0 bridgehead atoms. The molecule has 0 aliphatic rings. The van der Waals surface area contributed by atoms with Crippen molar-refractivity contribution in [3.8, 4) is 0 Å². The van der Waals surface area contributed by atoms with E-state index >= 15 is 0 Å². The lowest BCUT2D eigenvalue weighted by atomic mass is 10.3. The Balaban J connectivity index is 1.68. The molecule has 0 aliphatic carbocycles. The van der Waals surface area contributed by atoms with E-state index in [1.165, 1.54) is 4.88 Å². The van der Waals surface area contributed by atoms with Gasteiger partial charge in [0.05, 0.1) is 4.90 Å². The van der Waals surface area contributed by atoms with Crippen molar-refractivity contribution in [2.24, 2.45) is 4.99 Å². The first-order valence-electron chi connectivity index (χ1n) is 7.63. The minimum atomic E-state index is -3.46. The number of hydrogen-bond donors (Lipinski definition) is 3. The molecule has 2 aromatic rings. The summed E-state index contributed by atoms with van der Waals surface area (Å²) in [7, 11) is -1.77. The van der Waals surface area contributed by atoms with Crippen molar-refractivity contribution < 1.29 is 8.42 Å². The van der Waals surface area contributed by atoms with Crippen LogP contribution in [0.15, 0.2) is 57.7 Å². The Bertz CT molecular complexity index is 729. The molecule has 1 aromatic heterocycles. The molecule has 0 fully saturated rings. The number of benzene rings is 1. The lowest BCUT2D eigenvalue weighted by Gasteiger charge is -2.12. The molecule has 0 unspecified atom stereocenters. The molecule has 0 aliphatic heterocycles. The first-order chi connectivity index (χ1) is 11.6. The van der Waals surface area contributed by atoms with Gasteiger partial charge in [-0.15, -0.1) is 11.3 Å². The molecule has 130 valence electrons. The van der Waals surface area contributed by atoms with Gasteiger partial charge < -0.3 is 10.6 Å². The van der Waals surface area contributed by atoms with Crippen LogP contribution in [0, 0.1) is 0 Å². The van der Waals surface area contributed by atoms with Crippen LogP contribution in [0.25, 0.3) is 0 Å². The quantitative estimate of drug-likeness (QED) is 0.375. The Hall–Kier alpha value is -1.90. The zero-order valence-corrected chi connectivity index (χ0v) is 15.2. The van der Waals surface area contributed by atoms with Crippen LogP contribution in [-0.2, 0) is 16.4 Å². The van der Waals surface area contributed by atoms with Crippen LogP contribution in [0.1, 0.15) is 4.88 Å². The van der Waals surface area contributed by atoms with Gasteiger partial charge in [0.1, 0.15) is 0 Å². The van der Waals surface area contributed by atoms with Crippen LogP contribution in [0.4, 0.5) is 0 Å². The van der Waals surface area contributed by atoms with Crippen LogP contribution < -0.4 is 15.4 Å². The van der Waals surface area contributed by atoms with E-state index in [9.17, 15) is 8.42 Å². The topological polar surface area (TPSA) is 82.6 Å². The molecule has 6 nitrogen and oxygen atoms in total. The third-order valence-electron chi connectivity index (χ3n) is 3.23. The van der Waals surface area contributed by atoms with Gasteiger partial charge in [-0.25, -0.2) is 13.1 Å². The van der Waals surface area contributed by atoms with Crippen molar-refractivity contribution in [1.82, 2.24) is 15.4 Å². The minimum Gasteiger partial charge on any atom is -0.356 e. The van der Waals surface area contributed by atoms with E-state index in [1.807, 2.05) is 6.07 Å². The molecule has 1 aromatic carbocycles. The first kappa shape index (κ1) is 18.4. The Kier molecular flexibility index (Phi) is 7.23. The third-order valence-corrected chi connectivity index (χ3v) is 5.64. The number of nitrogens with one attached hydrogen (secondary N) is 3. The summed E-state index contributed by atoms with van der Waals surface area (Å²) in [5, 5.41) is 8.35. The number of hydrogen-bond acceptors (Lipinski definition) is 4. The van der Waals surface area contributed by atoms with E-state index < -0.39 is 10.0 Å². The fourth-order valence-electron chi connectivity index (χ4n) is 2.03. The lowest BCUT2D eigenvalue weighted by Crippen LogP contribution is -2.42. The first-order valence-corrected chi connectivity index (χ1v) is 10.00. The molecule has 3 N–H and O–H groups in total. The van der Waals surface area contributed by atoms with Gasteiger partial charge in [-0.1, -0.05) is 24.3 Å². The standard InChI is InChI=1S/C16H22N4O2S2/c1-17-16(18-10-9-14-6-5-13-23-14)19-11-12-20-24(21,22)15-7-3-2-4-8-15/h2-8,13,20H,9-12H2,1H3,(H2,17,18,19). The summed E-state index contributed by atoms with van der Waals surface area (Å²) in [5.41, 5.74) is 0. The van der Waals surface area contributed by atoms with Crippen LogP contribution in [-0.4, -0.2) is 41.1 Å². The summed E-state index contributed by atoms with van der Waals surface area (Å²) in [5.74, 6) is 0.658. The number of sulfonamides is 1. The van der Waals surface area contributed by atoms with Crippen LogP contribution in [0.5, 0.6) is 0 Å². The Morgan fingerprint density at radius 1 is 1.04 bits per heavy atom. The molecule has 0 spiro atoms. The van der Waals surface area contributed by atoms with E-state index in [1.54, 1.807) is 48.7 Å². The Labute approximate surface area is 147 Å². The van der Waals surface area contributed by atoms with Crippen LogP contribution in [0.3, 0.4) is 0 Å². The second-order valence-electron chi connectivity index (χ2n) is 4.97. The largest absolute Gasteiger partial charge is 0.356 e. The predicted molar refractivity (Wildman–Crippen MR) is 99.0 cm³/mol. The summed E-state index contributed by atoms with van der Waals surface area (Å²) < 4.78 is 26.7. The highest BCUT2D eigenvalue weighted by atomic mass is 32.2. The monoisotopic (exact) mass is 366 g/mol. The van der Waals surface area contributed by atoms with E-state index in [-0.39, 0.29) is 11.4 Å². The van der Waals surface area contributed by atoms with Crippen molar-refractivity contribution >= 4 is 27.3 Å². The fraction of sp³-hybridized carbons (Fsp3) is 0.312. The summed E-state index contributed by atoms with van der Waals surface area (Å²) in [6.45, 7) is 1.50. The van der Waals surface area contributed by atoms with Gasteiger partial charge in [0.15, 0.2) is 5.96 Å². The van der Waals surface area contributed by atoms with Gasteiger partial charge in [-0.3, -0.25) is 4.99 Å². The highest BCUT2D eigenvalue weighted by Gasteiger charge is 2.11. The highest BCUT2D eigenvalue weighted by Crippen LogP contribution is 2.08. The highest BCUT2D eigenvalue weighted by molar-refractivity contribution is 7.89. The van der Waals surface area contributed by atoms with E-state index in [0.29, 0.717) is 12.5 Å². The second-order valence-corrected chi connectivity index (χ2v) is 7.77. The second kappa shape index (κ2) is 9.41. The molecule has 2 rings (SSSR count). The Morgan fingerprint density at radius 3 is 2.46 bits per heavy atom. The molecule has 24 heavy (non-hydrogen) atoms. The third kappa shape index (κ3) is 5.95. The van der Waals surface area contributed by atoms with E-state index in [2.05, 4.69) is 31.8 Å². The molecule has 8 heteroatoms. The smallest absolute Gasteiger partial charge is 0.240 e. The van der Waals surface area contributed by atoms with Crippen molar-refractivity contribution in [3.05, 3.63) is 52.7 Å². The summed E-state index contributed by atoms with van der Waals surface area (Å²) in [4.78, 5) is 5.70. The van der Waals surface area contributed by atoms with Crippen LogP contribution in [0.2, 0.25) is 0 Å². The van der Waals surface area contributed by atoms with E-state index in [4.69, 9.17) is 0 Å². The van der Waals surface area contributed by atoms with Crippen molar-refractivity contribution in [1.29, 1.82) is 0 Å². The maximum atomic E-state index is 12.1. The average molecular weight is 367 g/mol. The van der Waals surface area contributed by atoms with Gasteiger partial charge >= 0.3 is 0 Å². The van der Waals surface area contributed by atoms with Crippen molar-refractivity contribution in [3.63, 3.8) is 0 Å². The molecule has 1 heterocycles. The SMILES string of the molecule is CN=C(NCCNS(=O)(=O)c1ccccc1)NCCc1cccs1. The minimum absolute atomic E-state index is 0.267. The number of guanidine groups is 1. The maximum absolute atomic E-state index is 12.1. The molecule has 0 radical (unpaired) electrons. The number of thiophene rings is 1. The van der Waals surface area contributed by atoms with Crippen molar-refractivity contribution in [2.75, 3.05) is 26.7 Å². The van der Waals surface area contributed by atoms with E-state index in [0.717, 1.165) is 13.0 Å². The normalized spacial score (nSPS) is 12.1. The predicted octanol–water partition coefficient (Wildman–Crippen LogP) is 1.43. The molecular formula is C16H22N4O2S2. The van der Waals surface area contributed by atoms with Gasteiger partial charge in [0.25, 0.3) is 0 Å². The summed E-state index contributed by atoms with van der Waals surface area (Å²) >= 11 is 1.73. The number of rotatable bonds is 8. The number of nitrogens with zero attached hydrogens (tertiary/aromatic N) is 1. The van der Waals surface area contributed by atoms with Gasteiger partial charge in [-0.05, 0) is 30.0 Å². The fourth-order valence-corrected chi connectivity index (χ4v) is 3.79. The molecule has 0 amide bonds. The van der Waals surface area contributed by atoms with Gasteiger partial charge in [-0.2, -0.15) is 0 Å². The molecule has 0 atom stereocenters. The molecule has 0 saturated carbocycles. The van der Waals surface area contributed by atoms with Gasteiger partial charge in [0.2, 0.25) is 10.0 Å². The van der Waals surface area contributed by atoms with Crippen LogP contribution >= 0.6 is 11.3 Å². The molecule has 0 saturated heterocycles. The average Bonchev–Trinajstić information content (AvgIpc) is 3.11.